The zero-order chi connectivity index (χ0) is 21.9. The number of hydrogen-bond donors (Lipinski definition) is 2. The van der Waals surface area contributed by atoms with E-state index < -0.39 is 21.1 Å². The van der Waals surface area contributed by atoms with Crippen molar-refractivity contribution in [2.45, 2.75) is 25.3 Å². The van der Waals surface area contributed by atoms with E-state index in [9.17, 15) is 13.2 Å². The number of carbonyl (C=O) groups is 1. The van der Waals surface area contributed by atoms with Crippen molar-refractivity contribution >= 4 is 39.3 Å². The Morgan fingerprint density at radius 1 is 1.23 bits per heavy atom. The second-order valence-corrected chi connectivity index (χ2v) is 7.86. The number of amides is 2. The smallest absolute Gasteiger partial charge is 0.335 e. The Morgan fingerprint density at radius 3 is 2.70 bits per heavy atom. The molecule has 2 N–H and O–H groups in total. The first-order chi connectivity index (χ1) is 14.2. The van der Waals surface area contributed by atoms with E-state index in [1.54, 1.807) is 19.1 Å². The molecule has 0 atom stereocenters. The highest BCUT2D eigenvalue weighted by molar-refractivity contribution is 7.90. The molecule has 0 unspecified atom stereocenters. The predicted molar refractivity (Wildman–Crippen MR) is 106 cm³/mol. The molecule has 0 radical (unpaired) electrons. The zero-order valence-corrected chi connectivity index (χ0v) is 17.8. The number of methoxy groups -OCH3 is 1. The summed E-state index contributed by atoms with van der Waals surface area (Å²) in [4.78, 5) is 27.8. The van der Waals surface area contributed by atoms with Crippen molar-refractivity contribution < 1.29 is 22.7 Å². The van der Waals surface area contributed by atoms with Gasteiger partial charge in [-0.3, -0.25) is 9.72 Å². The summed E-state index contributed by atoms with van der Waals surface area (Å²) in [5, 5.41) is 1.49. The van der Waals surface area contributed by atoms with Crippen molar-refractivity contribution in [2.24, 2.45) is 0 Å². The van der Waals surface area contributed by atoms with Crippen LogP contribution in [0.5, 0.6) is 11.8 Å². The highest BCUT2D eigenvalue weighted by Gasteiger charge is 2.27. The molecule has 160 valence electrons. The summed E-state index contributed by atoms with van der Waals surface area (Å²) >= 11 is 6.04. The van der Waals surface area contributed by atoms with E-state index in [1.807, 2.05) is 11.6 Å². The van der Waals surface area contributed by atoms with Gasteiger partial charge in [-0.1, -0.05) is 18.5 Å². The molecule has 3 heterocycles. The van der Waals surface area contributed by atoms with E-state index in [4.69, 9.17) is 21.1 Å². The van der Waals surface area contributed by atoms with Crippen LogP contribution >= 0.6 is 11.6 Å². The monoisotopic (exact) mass is 455 g/mol. The van der Waals surface area contributed by atoms with Crippen molar-refractivity contribution in [1.29, 1.82) is 0 Å². The number of aryl methyl sites for hydroxylation is 1. The summed E-state index contributed by atoms with van der Waals surface area (Å²) < 4.78 is 39.1. The number of rotatable bonds is 7. The van der Waals surface area contributed by atoms with Crippen molar-refractivity contribution in [3.63, 3.8) is 0 Å². The number of sulfonamides is 1. The summed E-state index contributed by atoms with van der Waals surface area (Å²) in [5.74, 6) is 0.503. The molecule has 0 aromatic carbocycles. The fourth-order valence-electron chi connectivity index (χ4n) is 2.42. The molecular formula is C16H18ClN7O5S. The van der Waals surface area contributed by atoms with E-state index in [1.165, 1.54) is 17.7 Å². The number of nitrogens with zero attached hydrogens (tertiary/aromatic N) is 5. The van der Waals surface area contributed by atoms with Gasteiger partial charge in [0.05, 0.1) is 19.9 Å². The Balaban J connectivity index is 1.87. The van der Waals surface area contributed by atoms with Crippen LogP contribution in [-0.2, 0) is 10.0 Å². The molecule has 3 aromatic rings. The maximum absolute atomic E-state index is 12.8. The highest BCUT2D eigenvalue weighted by Crippen LogP contribution is 2.25. The number of ether oxygens (including phenoxy) is 2. The van der Waals surface area contributed by atoms with E-state index in [0.29, 0.717) is 12.4 Å². The van der Waals surface area contributed by atoms with Crippen LogP contribution in [0.3, 0.4) is 0 Å². The number of imidazole rings is 1. The normalized spacial score (nSPS) is 11.3. The summed E-state index contributed by atoms with van der Waals surface area (Å²) in [7, 11) is -3.07. The third kappa shape index (κ3) is 4.68. The largest absolute Gasteiger partial charge is 0.492 e. The number of pyridine rings is 1. The zero-order valence-electron chi connectivity index (χ0n) is 16.2. The lowest BCUT2D eigenvalue weighted by Gasteiger charge is -2.10. The molecule has 3 rings (SSSR count). The maximum Gasteiger partial charge on any atom is 0.335 e. The van der Waals surface area contributed by atoms with Gasteiger partial charge in [-0.15, -0.1) is 0 Å². The Hall–Kier alpha value is -3.19. The van der Waals surface area contributed by atoms with Crippen molar-refractivity contribution in [3.8, 4) is 11.8 Å². The van der Waals surface area contributed by atoms with E-state index in [0.717, 1.165) is 6.42 Å². The fraction of sp³-hybridized carbons (Fsp3) is 0.312. The molecule has 0 saturated carbocycles. The van der Waals surface area contributed by atoms with Gasteiger partial charge in [0, 0.05) is 0 Å². The lowest BCUT2D eigenvalue weighted by atomic mass is 10.4. The summed E-state index contributed by atoms with van der Waals surface area (Å²) in [6, 6.07) is 2.05. The molecule has 0 aliphatic carbocycles. The molecule has 0 spiro atoms. The molecule has 3 aromatic heterocycles. The number of aromatic nitrogens is 5. The quantitative estimate of drug-likeness (QED) is 0.543. The van der Waals surface area contributed by atoms with Crippen LogP contribution in [0, 0.1) is 6.92 Å². The van der Waals surface area contributed by atoms with E-state index in [2.05, 4.69) is 25.3 Å². The van der Waals surface area contributed by atoms with Crippen LogP contribution in [0.25, 0.3) is 5.65 Å². The molecule has 14 heteroatoms. The number of nitrogens with one attached hydrogen (secondary N) is 2. The van der Waals surface area contributed by atoms with Gasteiger partial charge in [-0.25, -0.2) is 14.5 Å². The number of anilines is 1. The lowest BCUT2D eigenvalue weighted by Crippen LogP contribution is -2.35. The average molecular weight is 456 g/mol. The van der Waals surface area contributed by atoms with Crippen LogP contribution in [0.4, 0.5) is 10.7 Å². The van der Waals surface area contributed by atoms with Gasteiger partial charge in [-0.2, -0.15) is 23.4 Å². The molecule has 0 fully saturated rings. The SMILES string of the molecule is CCCOc1ccc2nc(Cl)c(S(=O)(=O)NC(=O)Nc3nc(C)nc(OC)n3)n2c1. The van der Waals surface area contributed by atoms with Gasteiger partial charge in [0.2, 0.25) is 5.95 Å². The minimum absolute atomic E-state index is 0.0369. The molecule has 12 nitrogen and oxygen atoms in total. The second kappa shape index (κ2) is 8.67. The summed E-state index contributed by atoms with van der Waals surface area (Å²) in [5.41, 5.74) is 0.266. The summed E-state index contributed by atoms with van der Waals surface area (Å²) in [6.07, 6.45) is 2.20. The topological polar surface area (TPSA) is 150 Å². The van der Waals surface area contributed by atoms with Crippen LogP contribution in [0.1, 0.15) is 19.2 Å². The Morgan fingerprint density at radius 2 is 2.00 bits per heavy atom. The minimum atomic E-state index is -4.41. The third-order valence-corrected chi connectivity index (χ3v) is 5.33. The maximum atomic E-state index is 12.8. The summed E-state index contributed by atoms with van der Waals surface area (Å²) in [6.45, 7) is 3.94. The molecule has 2 amide bonds. The Labute approximate surface area is 176 Å². The first-order valence-electron chi connectivity index (χ1n) is 8.64. The van der Waals surface area contributed by atoms with Crippen LogP contribution in [0.15, 0.2) is 23.4 Å². The van der Waals surface area contributed by atoms with Gasteiger partial charge in [0.15, 0.2) is 10.2 Å². The molecule has 30 heavy (non-hydrogen) atoms. The van der Waals surface area contributed by atoms with Gasteiger partial charge in [0.25, 0.3) is 10.0 Å². The van der Waals surface area contributed by atoms with Crippen molar-refractivity contribution in [2.75, 3.05) is 19.0 Å². The molecule has 0 aliphatic heterocycles. The average Bonchev–Trinajstić information content (AvgIpc) is 3.00. The molecular weight excluding hydrogens is 438 g/mol. The van der Waals surface area contributed by atoms with Crippen LogP contribution < -0.4 is 19.5 Å². The number of halogens is 1. The van der Waals surface area contributed by atoms with Crippen molar-refractivity contribution in [1.82, 2.24) is 29.1 Å². The number of fused-ring (bicyclic) bond motifs is 1. The van der Waals surface area contributed by atoms with E-state index in [-0.39, 0.29) is 28.6 Å². The Kier molecular flexibility index (Phi) is 6.22. The van der Waals surface area contributed by atoms with Crippen LogP contribution in [0.2, 0.25) is 5.15 Å². The second-order valence-electron chi connectivity index (χ2n) is 5.90. The van der Waals surface area contributed by atoms with Gasteiger partial charge < -0.3 is 9.47 Å². The highest BCUT2D eigenvalue weighted by atomic mass is 35.5. The molecule has 0 saturated heterocycles. The van der Waals surface area contributed by atoms with Crippen molar-refractivity contribution in [3.05, 3.63) is 29.3 Å². The minimum Gasteiger partial charge on any atom is -0.492 e. The molecule has 0 bridgehead atoms. The van der Waals surface area contributed by atoms with Gasteiger partial charge in [-0.05, 0) is 25.5 Å². The number of urea groups is 1. The molecule has 0 aliphatic rings. The first kappa shape index (κ1) is 21.5. The lowest BCUT2D eigenvalue weighted by molar-refractivity contribution is 0.256. The Bertz CT molecular complexity index is 1200. The third-order valence-electron chi connectivity index (χ3n) is 3.60. The number of hydrogen-bond acceptors (Lipinski definition) is 9. The van der Waals surface area contributed by atoms with Gasteiger partial charge in [0.1, 0.15) is 17.2 Å². The van der Waals surface area contributed by atoms with E-state index >= 15 is 0 Å². The number of carbonyl (C=O) groups excluding carboxylic acids is 1. The first-order valence-corrected chi connectivity index (χ1v) is 10.5. The fourth-order valence-corrected chi connectivity index (χ4v) is 3.97. The standard InChI is InChI=1S/C16H18ClN7O5S/c1-4-7-29-10-5-6-11-20-12(17)13(24(11)8-10)30(26,27)23-15(25)21-14-18-9(2)19-16(22-14)28-3/h5-6,8H,4,7H2,1-3H3,(H2,18,19,21,22,23,25). The van der Waals surface area contributed by atoms with Crippen LogP contribution in [-0.4, -0.2) is 52.5 Å². The predicted octanol–water partition coefficient (Wildman–Crippen LogP) is 1.79. The van der Waals surface area contributed by atoms with Gasteiger partial charge >= 0.3 is 12.0 Å².